The van der Waals surface area contributed by atoms with Crippen molar-refractivity contribution in [2.24, 2.45) is 0 Å². The quantitative estimate of drug-likeness (QED) is 0.744. The van der Waals surface area contributed by atoms with Crippen LogP contribution >= 0.6 is 0 Å². The molecule has 0 aliphatic carbocycles. The van der Waals surface area contributed by atoms with E-state index in [1.165, 1.54) is 0 Å². The number of nitriles is 1. The zero-order valence-corrected chi connectivity index (χ0v) is 9.65. The lowest BCUT2D eigenvalue weighted by atomic mass is 9.96. The van der Waals surface area contributed by atoms with E-state index in [0.29, 0.717) is 24.5 Å². The summed E-state index contributed by atoms with van der Waals surface area (Å²) in [4.78, 5) is 1.87. The van der Waals surface area contributed by atoms with Gasteiger partial charge < -0.3 is 10.0 Å². The van der Waals surface area contributed by atoms with Gasteiger partial charge in [0.05, 0.1) is 11.3 Å². The lowest BCUT2D eigenvalue weighted by Gasteiger charge is -2.45. The summed E-state index contributed by atoms with van der Waals surface area (Å²) in [6, 6.07) is 2.16. The van der Waals surface area contributed by atoms with Crippen molar-refractivity contribution in [2.45, 2.75) is 26.4 Å². The SMILES string of the molecule is Cc1nnc(N2CC(C)(O)C2)c(C#N)c1C. The number of rotatable bonds is 1. The summed E-state index contributed by atoms with van der Waals surface area (Å²) in [5.74, 6) is 0.581. The number of nitrogens with zero attached hydrogens (tertiary/aromatic N) is 4. The lowest BCUT2D eigenvalue weighted by molar-refractivity contribution is 0.0304. The van der Waals surface area contributed by atoms with Gasteiger partial charge in [-0.2, -0.15) is 10.4 Å². The number of aliphatic hydroxyl groups is 1. The molecule has 1 N–H and O–H groups in total. The summed E-state index contributed by atoms with van der Waals surface area (Å²) in [5, 5.41) is 26.8. The molecule has 0 atom stereocenters. The fraction of sp³-hybridized carbons (Fsp3) is 0.545. The van der Waals surface area contributed by atoms with E-state index in [-0.39, 0.29) is 0 Å². The predicted molar refractivity (Wildman–Crippen MR) is 59.1 cm³/mol. The molecule has 2 heterocycles. The minimum Gasteiger partial charge on any atom is -0.386 e. The van der Waals surface area contributed by atoms with Crippen LogP contribution in [0, 0.1) is 25.2 Å². The highest BCUT2D eigenvalue weighted by molar-refractivity contribution is 5.59. The van der Waals surface area contributed by atoms with Gasteiger partial charge in [-0.25, -0.2) is 0 Å². The van der Waals surface area contributed by atoms with Crippen LogP contribution < -0.4 is 4.90 Å². The Morgan fingerprint density at radius 1 is 1.38 bits per heavy atom. The van der Waals surface area contributed by atoms with Gasteiger partial charge in [0.25, 0.3) is 0 Å². The Labute approximate surface area is 94.3 Å². The maximum absolute atomic E-state index is 9.66. The van der Waals surface area contributed by atoms with Gasteiger partial charge in [-0.1, -0.05) is 0 Å². The summed E-state index contributed by atoms with van der Waals surface area (Å²) in [6.07, 6.45) is 0. The molecule has 16 heavy (non-hydrogen) atoms. The van der Waals surface area contributed by atoms with Crippen LogP contribution in [0.5, 0.6) is 0 Å². The Morgan fingerprint density at radius 3 is 2.50 bits per heavy atom. The maximum atomic E-state index is 9.66. The van der Waals surface area contributed by atoms with Crippen molar-refractivity contribution in [1.82, 2.24) is 10.2 Å². The van der Waals surface area contributed by atoms with E-state index in [9.17, 15) is 5.11 Å². The van der Waals surface area contributed by atoms with Crippen LogP contribution in [0.1, 0.15) is 23.7 Å². The van der Waals surface area contributed by atoms with E-state index in [2.05, 4.69) is 16.3 Å². The largest absolute Gasteiger partial charge is 0.386 e. The van der Waals surface area contributed by atoms with Crippen molar-refractivity contribution in [3.8, 4) is 6.07 Å². The molecule has 0 amide bonds. The summed E-state index contributed by atoms with van der Waals surface area (Å²) in [5.41, 5.74) is 1.52. The van der Waals surface area contributed by atoms with Crippen LogP contribution in [0.25, 0.3) is 0 Å². The van der Waals surface area contributed by atoms with Gasteiger partial charge in [0, 0.05) is 13.1 Å². The molecule has 1 aromatic heterocycles. The van der Waals surface area contributed by atoms with Gasteiger partial charge in [0.2, 0.25) is 0 Å². The number of aromatic nitrogens is 2. The molecule has 0 bridgehead atoms. The molecule has 2 rings (SSSR count). The zero-order chi connectivity index (χ0) is 11.9. The molecule has 0 spiro atoms. The van der Waals surface area contributed by atoms with E-state index in [1.807, 2.05) is 18.7 Å². The second kappa shape index (κ2) is 3.42. The first kappa shape index (κ1) is 10.8. The Kier molecular flexibility index (Phi) is 2.32. The van der Waals surface area contributed by atoms with Gasteiger partial charge >= 0.3 is 0 Å². The number of anilines is 1. The second-order valence-electron chi connectivity index (χ2n) is 4.57. The number of β-amino-alcohol motifs (C(OH)–C–C–N with tert-alkyl or cyclic N) is 1. The Morgan fingerprint density at radius 2 is 2.00 bits per heavy atom. The first-order chi connectivity index (χ1) is 7.44. The van der Waals surface area contributed by atoms with E-state index in [0.717, 1.165) is 11.3 Å². The van der Waals surface area contributed by atoms with Crippen LogP contribution in [0.2, 0.25) is 0 Å². The van der Waals surface area contributed by atoms with Gasteiger partial charge in [-0.05, 0) is 26.3 Å². The first-order valence-corrected chi connectivity index (χ1v) is 5.16. The topological polar surface area (TPSA) is 73.0 Å². The fourth-order valence-electron chi connectivity index (χ4n) is 1.88. The summed E-state index contributed by atoms with van der Waals surface area (Å²) < 4.78 is 0. The van der Waals surface area contributed by atoms with Gasteiger partial charge in [0.15, 0.2) is 5.82 Å². The monoisotopic (exact) mass is 218 g/mol. The molecule has 1 fully saturated rings. The number of hydrogen-bond donors (Lipinski definition) is 1. The van der Waals surface area contributed by atoms with Crippen molar-refractivity contribution >= 4 is 5.82 Å². The van der Waals surface area contributed by atoms with Crippen LogP contribution in [0.4, 0.5) is 5.82 Å². The zero-order valence-electron chi connectivity index (χ0n) is 9.65. The fourth-order valence-corrected chi connectivity index (χ4v) is 1.88. The predicted octanol–water partition coefficient (Wildman–Crippen LogP) is 0.536. The molecule has 0 radical (unpaired) electrons. The number of hydrogen-bond acceptors (Lipinski definition) is 5. The molecule has 5 heteroatoms. The van der Waals surface area contributed by atoms with E-state index < -0.39 is 5.60 Å². The van der Waals surface area contributed by atoms with Crippen molar-refractivity contribution in [3.63, 3.8) is 0 Å². The summed E-state index contributed by atoms with van der Waals surface area (Å²) in [6.45, 7) is 6.46. The molecule has 1 aliphatic rings. The molecule has 0 aromatic carbocycles. The molecule has 5 nitrogen and oxygen atoms in total. The second-order valence-corrected chi connectivity index (χ2v) is 4.57. The first-order valence-electron chi connectivity index (χ1n) is 5.16. The van der Waals surface area contributed by atoms with E-state index in [4.69, 9.17) is 5.26 Å². The Hall–Kier alpha value is -1.67. The van der Waals surface area contributed by atoms with Crippen LogP contribution in [-0.2, 0) is 0 Å². The molecular formula is C11H14N4O. The molecule has 1 aliphatic heterocycles. The smallest absolute Gasteiger partial charge is 0.169 e. The van der Waals surface area contributed by atoms with Crippen molar-refractivity contribution in [1.29, 1.82) is 5.26 Å². The Bertz CT molecular complexity index is 468. The third kappa shape index (κ3) is 1.61. The van der Waals surface area contributed by atoms with E-state index in [1.54, 1.807) is 6.92 Å². The minimum atomic E-state index is -0.673. The van der Waals surface area contributed by atoms with Crippen LogP contribution in [0.3, 0.4) is 0 Å². The standard InChI is InChI=1S/C11H14N4O/c1-7-8(2)13-14-10(9(7)4-12)15-5-11(3,16)6-15/h16H,5-6H2,1-3H3. The maximum Gasteiger partial charge on any atom is 0.169 e. The molecule has 1 saturated heterocycles. The highest BCUT2D eigenvalue weighted by atomic mass is 16.3. The van der Waals surface area contributed by atoms with Crippen LogP contribution in [-0.4, -0.2) is 34.0 Å². The summed E-state index contributed by atoms with van der Waals surface area (Å²) in [7, 11) is 0. The van der Waals surface area contributed by atoms with Crippen molar-refractivity contribution < 1.29 is 5.11 Å². The van der Waals surface area contributed by atoms with Crippen molar-refractivity contribution in [2.75, 3.05) is 18.0 Å². The van der Waals surface area contributed by atoms with Gasteiger partial charge in [-0.15, -0.1) is 5.10 Å². The highest BCUT2D eigenvalue weighted by Crippen LogP contribution is 2.29. The minimum absolute atomic E-state index is 0.499. The van der Waals surface area contributed by atoms with Crippen molar-refractivity contribution in [3.05, 3.63) is 16.8 Å². The average Bonchev–Trinajstić information content (AvgIpc) is 2.18. The number of aryl methyl sites for hydroxylation is 1. The molecular weight excluding hydrogens is 204 g/mol. The third-order valence-electron chi connectivity index (χ3n) is 2.91. The van der Waals surface area contributed by atoms with E-state index >= 15 is 0 Å². The summed E-state index contributed by atoms with van der Waals surface area (Å²) >= 11 is 0. The molecule has 0 unspecified atom stereocenters. The third-order valence-corrected chi connectivity index (χ3v) is 2.91. The Balaban J connectivity index is 2.37. The van der Waals surface area contributed by atoms with Gasteiger partial charge in [0.1, 0.15) is 11.6 Å². The van der Waals surface area contributed by atoms with Crippen LogP contribution in [0.15, 0.2) is 0 Å². The molecule has 1 aromatic rings. The normalized spacial score (nSPS) is 17.8. The molecule has 0 saturated carbocycles. The highest BCUT2D eigenvalue weighted by Gasteiger charge is 2.38. The molecule has 84 valence electrons. The lowest BCUT2D eigenvalue weighted by Crippen LogP contribution is -2.60. The average molecular weight is 218 g/mol. The van der Waals surface area contributed by atoms with Gasteiger partial charge in [-0.3, -0.25) is 0 Å².